The highest BCUT2D eigenvalue weighted by atomic mass is 35.5. The highest BCUT2D eigenvalue weighted by Gasteiger charge is 2.03. The van der Waals surface area contributed by atoms with Crippen LogP contribution in [-0.2, 0) is 4.79 Å². The van der Waals surface area contributed by atoms with Crippen molar-refractivity contribution >= 4 is 35.0 Å². The first kappa shape index (κ1) is 12.9. The monoisotopic (exact) mass is 278 g/mol. The van der Waals surface area contributed by atoms with E-state index in [2.05, 4.69) is 0 Å². The smallest absolute Gasteiger partial charge is 0.328 e. The standard InChI is InChI=1S/C14H11ClO2S/c1-9-2-3-10(8-12(9)15)13-6-4-11(18-13)5-7-14(16)17/h2-8H,1H3,(H,16,17). The predicted molar refractivity (Wildman–Crippen MR) is 76.2 cm³/mol. The summed E-state index contributed by atoms with van der Waals surface area (Å²) in [6.45, 7) is 1.96. The molecule has 0 saturated heterocycles. The van der Waals surface area contributed by atoms with Crippen molar-refractivity contribution in [3.05, 3.63) is 51.9 Å². The number of hydrogen-bond acceptors (Lipinski definition) is 2. The molecule has 0 aliphatic carbocycles. The Morgan fingerprint density at radius 3 is 2.78 bits per heavy atom. The molecule has 0 atom stereocenters. The van der Waals surface area contributed by atoms with Gasteiger partial charge in [0.05, 0.1) is 0 Å². The van der Waals surface area contributed by atoms with Gasteiger partial charge >= 0.3 is 5.97 Å². The molecule has 1 N–H and O–H groups in total. The van der Waals surface area contributed by atoms with Crippen LogP contribution in [0.4, 0.5) is 0 Å². The lowest BCUT2D eigenvalue weighted by molar-refractivity contribution is -0.131. The number of benzene rings is 1. The van der Waals surface area contributed by atoms with Gasteiger partial charge in [0.2, 0.25) is 0 Å². The zero-order valence-corrected chi connectivity index (χ0v) is 11.3. The molecule has 0 bridgehead atoms. The molecule has 0 aliphatic rings. The van der Waals surface area contributed by atoms with Crippen molar-refractivity contribution < 1.29 is 9.90 Å². The van der Waals surface area contributed by atoms with Gasteiger partial charge in [-0.25, -0.2) is 4.79 Å². The summed E-state index contributed by atoms with van der Waals surface area (Å²) in [5.74, 6) is -0.941. The fourth-order valence-corrected chi connectivity index (χ4v) is 2.58. The topological polar surface area (TPSA) is 37.3 Å². The van der Waals surface area contributed by atoms with E-state index in [1.54, 1.807) is 6.08 Å². The predicted octanol–water partition coefficient (Wildman–Crippen LogP) is 4.47. The van der Waals surface area contributed by atoms with E-state index in [1.165, 1.54) is 11.3 Å². The van der Waals surface area contributed by atoms with Crippen LogP contribution in [0.25, 0.3) is 16.5 Å². The molecule has 92 valence electrons. The molecule has 18 heavy (non-hydrogen) atoms. The second-order valence-electron chi connectivity index (χ2n) is 3.84. The molecular weight excluding hydrogens is 268 g/mol. The van der Waals surface area contributed by atoms with Crippen LogP contribution in [0.5, 0.6) is 0 Å². The fraction of sp³-hybridized carbons (Fsp3) is 0.0714. The number of thiophene rings is 1. The average Bonchev–Trinajstić information content (AvgIpc) is 2.79. The average molecular weight is 279 g/mol. The lowest BCUT2D eigenvalue weighted by Gasteiger charge is -2.01. The summed E-state index contributed by atoms with van der Waals surface area (Å²) in [5.41, 5.74) is 2.09. The molecular formula is C14H11ClO2S. The summed E-state index contributed by atoms with van der Waals surface area (Å²) in [6.07, 6.45) is 2.73. The summed E-state index contributed by atoms with van der Waals surface area (Å²) in [7, 11) is 0. The lowest BCUT2D eigenvalue weighted by Crippen LogP contribution is -1.84. The largest absolute Gasteiger partial charge is 0.478 e. The number of hydrogen-bond donors (Lipinski definition) is 1. The van der Waals surface area contributed by atoms with Crippen LogP contribution in [0.2, 0.25) is 5.02 Å². The quantitative estimate of drug-likeness (QED) is 0.841. The summed E-state index contributed by atoms with van der Waals surface area (Å²) < 4.78 is 0. The van der Waals surface area contributed by atoms with E-state index in [-0.39, 0.29) is 0 Å². The van der Waals surface area contributed by atoms with E-state index >= 15 is 0 Å². The van der Waals surface area contributed by atoms with Gasteiger partial charge in [-0.1, -0.05) is 23.7 Å². The second kappa shape index (κ2) is 5.38. The van der Waals surface area contributed by atoms with Gasteiger partial charge in [0.25, 0.3) is 0 Å². The molecule has 0 saturated carbocycles. The minimum absolute atomic E-state index is 0.739. The molecule has 0 radical (unpaired) electrons. The summed E-state index contributed by atoms with van der Waals surface area (Å²) >= 11 is 7.62. The summed E-state index contributed by atoms with van der Waals surface area (Å²) in [4.78, 5) is 12.4. The van der Waals surface area contributed by atoms with Crippen LogP contribution in [0.3, 0.4) is 0 Å². The molecule has 1 heterocycles. The number of aliphatic carboxylic acids is 1. The van der Waals surface area contributed by atoms with Crippen LogP contribution < -0.4 is 0 Å². The first-order valence-corrected chi connectivity index (χ1v) is 6.53. The number of rotatable bonds is 3. The van der Waals surface area contributed by atoms with Crippen LogP contribution in [-0.4, -0.2) is 11.1 Å². The Balaban J connectivity index is 2.29. The number of carboxylic acids is 1. The molecule has 0 fully saturated rings. The molecule has 2 aromatic rings. The fourth-order valence-electron chi connectivity index (χ4n) is 1.50. The number of carbonyl (C=O) groups is 1. The molecule has 0 spiro atoms. The maximum absolute atomic E-state index is 10.4. The van der Waals surface area contributed by atoms with Crippen molar-refractivity contribution in [1.29, 1.82) is 0 Å². The zero-order valence-electron chi connectivity index (χ0n) is 9.68. The van der Waals surface area contributed by atoms with E-state index in [0.717, 1.165) is 32.0 Å². The van der Waals surface area contributed by atoms with Crippen molar-refractivity contribution in [3.8, 4) is 10.4 Å². The van der Waals surface area contributed by atoms with Gasteiger partial charge in [-0.2, -0.15) is 0 Å². The van der Waals surface area contributed by atoms with Gasteiger partial charge in [-0.3, -0.25) is 0 Å². The van der Waals surface area contributed by atoms with Gasteiger partial charge in [0, 0.05) is 20.9 Å². The Morgan fingerprint density at radius 2 is 2.11 bits per heavy atom. The van der Waals surface area contributed by atoms with Crippen molar-refractivity contribution in [2.45, 2.75) is 6.92 Å². The second-order valence-corrected chi connectivity index (χ2v) is 5.36. The highest BCUT2D eigenvalue weighted by Crippen LogP contribution is 2.31. The summed E-state index contributed by atoms with van der Waals surface area (Å²) in [5, 5.41) is 9.31. The van der Waals surface area contributed by atoms with Gasteiger partial charge in [0.1, 0.15) is 0 Å². The van der Waals surface area contributed by atoms with Gasteiger partial charge in [0.15, 0.2) is 0 Å². The Kier molecular flexibility index (Phi) is 3.84. The molecule has 0 aliphatic heterocycles. The van der Waals surface area contributed by atoms with Crippen molar-refractivity contribution in [1.82, 2.24) is 0 Å². The third kappa shape index (κ3) is 3.00. The van der Waals surface area contributed by atoms with Crippen molar-refractivity contribution in [2.75, 3.05) is 0 Å². The maximum Gasteiger partial charge on any atom is 0.328 e. The first-order chi connectivity index (χ1) is 8.56. The van der Waals surface area contributed by atoms with Crippen LogP contribution in [0.1, 0.15) is 10.4 Å². The zero-order chi connectivity index (χ0) is 13.1. The molecule has 2 nitrogen and oxygen atoms in total. The minimum atomic E-state index is -0.941. The van der Waals surface area contributed by atoms with Crippen molar-refractivity contribution in [2.24, 2.45) is 0 Å². The lowest BCUT2D eigenvalue weighted by atomic mass is 10.1. The van der Waals surface area contributed by atoms with E-state index in [4.69, 9.17) is 16.7 Å². The van der Waals surface area contributed by atoms with E-state index in [1.807, 2.05) is 37.3 Å². The Morgan fingerprint density at radius 1 is 1.33 bits per heavy atom. The minimum Gasteiger partial charge on any atom is -0.478 e. The third-order valence-corrected chi connectivity index (χ3v) is 3.98. The normalized spacial score (nSPS) is 11.0. The molecule has 1 aromatic carbocycles. The van der Waals surface area contributed by atoms with E-state index in [9.17, 15) is 4.79 Å². The Labute approximate surface area is 114 Å². The summed E-state index contributed by atoms with van der Waals surface area (Å²) in [6, 6.07) is 9.77. The van der Waals surface area contributed by atoms with Crippen LogP contribution >= 0.6 is 22.9 Å². The molecule has 0 unspecified atom stereocenters. The number of halogens is 1. The Bertz CT molecular complexity index is 614. The highest BCUT2D eigenvalue weighted by molar-refractivity contribution is 7.16. The van der Waals surface area contributed by atoms with E-state index in [0.29, 0.717) is 0 Å². The van der Waals surface area contributed by atoms with Crippen LogP contribution in [0, 0.1) is 6.92 Å². The van der Waals surface area contributed by atoms with Gasteiger partial charge in [-0.15, -0.1) is 11.3 Å². The molecule has 1 aromatic heterocycles. The third-order valence-electron chi connectivity index (χ3n) is 2.47. The van der Waals surface area contributed by atoms with E-state index < -0.39 is 5.97 Å². The van der Waals surface area contributed by atoms with Gasteiger partial charge in [-0.05, 0) is 42.3 Å². The maximum atomic E-state index is 10.4. The number of aryl methyl sites for hydroxylation is 1. The first-order valence-electron chi connectivity index (χ1n) is 5.33. The Hall–Kier alpha value is -1.58. The van der Waals surface area contributed by atoms with Gasteiger partial charge < -0.3 is 5.11 Å². The number of carboxylic acid groups (broad SMARTS) is 1. The van der Waals surface area contributed by atoms with Crippen molar-refractivity contribution in [3.63, 3.8) is 0 Å². The SMILES string of the molecule is Cc1ccc(-c2ccc(C=CC(=O)O)s2)cc1Cl. The molecule has 0 amide bonds. The molecule has 2 rings (SSSR count). The van der Waals surface area contributed by atoms with Crippen LogP contribution in [0.15, 0.2) is 36.4 Å². The molecule has 4 heteroatoms.